The number of benzene rings is 1. The molecule has 3 N–H and O–H groups in total. The number of nitrogens with two attached hydrogens (primary N) is 1. The zero-order valence-electron chi connectivity index (χ0n) is 8.80. The molecule has 82 valence electrons. The van der Waals surface area contributed by atoms with E-state index in [2.05, 4.69) is 0 Å². The zero-order valence-corrected chi connectivity index (χ0v) is 9.56. The van der Waals surface area contributed by atoms with Crippen LogP contribution in [0, 0.1) is 6.92 Å². The van der Waals surface area contributed by atoms with Gasteiger partial charge in [-0.05, 0) is 25.3 Å². The fraction of sp³-hybridized carbons (Fsp3) is 0.455. The van der Waals surface area contributed by atoms with Crippen LogP contribution in [0.3, 0.4) is 0 Å². The molecular weight excluding hydrogens is 214 g/mol. The molecule has 0 heterocycles. The first-order valence-corrected chi connectivity index (χ1v) is 5.23. The van der Waals surface area contributed by atoms with Gasteiger partial charge in [0.15, 0.2) is 11.5 Å². The third-order valence-electron chi connectivity index (χ3n) is 2.95. The number of aromatic hydroxyl groups is 1. The SMILES string of the molecule is COc1c(O)cc(Cl)c(C)c1C1(N)CC1. The second-order valence-corrected chi connectivity index (χ2v) is 4.47. The van der Waals surface area contributed by atoms with E-state index in [4.69, 9.17) is 22.1 Å². The molecule has 1 saturated carbocycles. The van der Waals surface area contributed by atoms with Crippen LogP contribution in [0.4, 0.5) is 0 Å². The summed E-state index contributed by atoms with van der Waals surface area (Å²) in [4.78, 5) is 0. The van der Waals surface area contributed by atoms with E-state index in [1.807, 2.05) is 6.92 Å². The lowest BCUT2D eigenvalue weighted by Crippen LogP contribution is -2.21. The van der Waals surface area contributed by atoms with Gasteiger partial charge in [0.05, 0.1) is 7.11 Å². The number of methoxy groups -OCH3 is 1. The summed E-state index contributed by atoms with van der Waals surface area (Å²) in [5.41, 5.74) is 7.51. The second-order valence-electron chi connectivity index (χ2n) is 4.07. The Bertz CT molecular complexity index is 414. The van der Waals surface area contributed by atoms with Crippen LogP contribution in [0.5, 0.6) is 11.5 Å². The summed E-state index contributed by atoms with van der Waals surface area (Å²) in [6.45, 7) is 1.90. The van der Waals surface area contributed by atoms with Gasteiger partial charge in [0.1, 0.15) is 0 Å². The lowest BCUT2D eigenvalue weighted by molar-refractivity contribution is 0.364. The standard InChI is InChI=1S/C11H14ClNO2/c1-6-7(12)5-8(14)10(15-2)9(6)11(13)3-4-11/h5,14H,3-4,13H2,1-2H3. The molecule has 0 unspecified atom stereocenters. The van der Waals surface area contributed by atoms with Crippen LogP contribution in [-0.4, -0.2) is 12.2 Å². The second kappa shape index (κ2) is 3.29. The highest BCUT2D eigenvalue weighted by molar-refractivity contribution is 6.31. The van der Waals surface area contributed by atoms with Crippen molar-refractivity contribution >= 4 is 11.6 Å². The minimum absolute atomic E-state index is 0.0554. The van der Waals surface area contributed by atoms with Gasteiger partial charge in [-0.2, -0.15) is 0 Å². The summed E-state index contributed by atoms with van der Waals surface area (Å²) < 4.78 is 5.19. The van der Waals surface area contributed by atoms with E-state index in [1.54, 1.807) is 0 Å². The van der Waals surface area contributed by atoms with E-state index in [0.717, 1.165) is 24.0 Å². The normalized spacial score (nSPS) is 17.6. The van der Waals surface area contributed by atoms with Crippen LogP contribution in [-0.2, 0) is 5.54 Å². The number of halogens is 1. The first-order valence-electron chi connectivity index (χ1n) is 4.85. The van der Waals surface area contributed by atoms with Crippen LogP contribution in [0.1, 0.15) is 24.0 Å². The Morgan fingerprint density at radius 3 is 2.60 bits per heavy atom. The highest BCUT2D eigenvalue weighted by Gasteiger charge is 2.44. The van der Waals surface area contributed by atoms with Crippen molar-refractivity contribution in [2.24, 2.45) is 5.73 Å². The summed E-state index contributed by atoms with van der Waals surface area (Å²) in [5.74, 6) is 0.511. The number of phenolic OH excluding ortho intramolecular Hbond substituents is 1. The highest BCUT2D eigenvalue weighted by Crippen LogP contribution is 2.51. The predicted molar refractivity (Wildman–Crippen MR) is 59.5 cm³/mol. The van der Waals surface area contributed by atoms with Gasteiger partial charge in [0, 0.05) is 22.2 Å². The smallest absolute Gasteiger partial charge is 0.165 e. The number of phenols is 1. The molecular formula is C11H14ClNO2. The van der Waals surface area contributed by atoms with Gasteiger partial charge in [-0.15, -0.1) is 0 Å². The maximum Gasteiger partial charge on any atom is 0.165 e. The zero-order chi connectivity index (χ0) is 11.2. The fourth-order valence-electron chi connectivity index (χ4n) is 1.90. The minimum atomic E-state index is -0.363. The molecule has 0 saturated heterocycles. The summed E-state index contributed by atoms with van der Waals surface area (Å²) >= 11 is 6.01. The van der Waals surface area contributed by atoms with Gasteiger partial charge in [0.2, 0.25) is 0 Å². The minimum Gasteiger partial charge on any atom is -0.504 e. The molecule has 0 aliphatic heterocycles. The quantitative estimate of drug-likeness (QED) is 0.815. The molecule has 1 aromatic rings. The maximum atomic E-state index is 9.72. The Balaban J connectivity index is 2.68. The molecule has 0 bridgehead atoms. The Hall–Kier alpha value is -0.930. The van der Waals surface area contributed by atoms with Crippen LogP contribution >= 0.6 is 11.6 Å². The van der Waals surface area contributed by atoms with Crippen molar-refractivity contribution < 1.29 is 9.84 Å². The van der Waals surface area contributed by atoms with Gasteiger partial charge in [-0.1, -0.05) is 11.6 Å². The van der Waals surface area contributed by atoms with Gasteiger partial charge in [0.25, 0.3) is 0 Å². The lowest BCUT2D eigenvalue weighted by atomic mass is 9.98. The van der Waals surface area contributed by atoms with Crippen LogP contribution < -0.4 is 10.5 Å². The van der Waals surface area contributed by atoms with Crippen molar-refractivity contribution in [3.8, 4) is 11.5 Å². The first kappa shape index (κ1) is 10.6. The molecule has 0 aromatic heterocycles. The molecule has 1 fully saturated rings. The average Bonchev–Trinajstić information content (AvgIpc) is 2.90. The summed E-state index contributed by atoms with van der Waals surface area (Å²) in [6.07, 6.45) is 1.81. The fourth-order valence-corrected chi connectivity index (χ4v) is 2.10. The molecule has 4 heteroatoms. The first-order chi connectivity index (χ1) is 6.99. The van der Waals surface area contributed by atoms with Crippen molar-refractivity contribution in [2.45, 2.75) is 25.3 Å². The molecule has 0 atom stereocenters. The molecule has 0 radical (unpaired) electrons. The van der Waals surface area contributed by atoms with Crippen molar-refractivity contribution in [1.82, 2.24) is 0 Å². The van der Waals surface area contributed by atoms with Gasteiger partial charge in [-0.3, -0.25) is 0 Å². The molecule has 15 heavy (non-hydrogen) atoms. The Kier molecular flexibility index (Phi) is 2.32. The molecule has 1 aliphatic rings. The molecule has 0 amide bonds. The van der Waals surface area contributed by atoms with E-state index >= 15 is 0 Å². The molecule has 0 spiro atoms. The number of rotatable bonds is 2. The highest BCUT2D eigenvalue weighted by atomic mass is 35.5. The number of hydrogen-bond acceptors (Lipinski definition) is 3. The van der Waals surface area contributed by atoms with Gasteiger partial charge >= 0.3 is 0 Å². The third kappa shape index (κ3) is 1.56. The Morgan fingerprint density at radius 1 is 1.53 bits per heavy atom. The lowest BCUT2D eigenvalue weighted by Gasteiger charge is -2.19. The van der Waals surface area contributed by atoms with Crippen molar-refractivity contribution in [3.05, 3.63) is 22.2 Å². The summed E-state index contributed by atoms with van der Waals surface area (Å²) in [5, 5.41) is 10.3. The van der Waals surface area contributed by atoms with Crippen LogP contribution in [0.25, 0.3) is 0 Å². The number of ether oxygens (including phenoxy) is 1. The van der Waals surface area contributed by atoms with E-state index in [1.165, 1.54) is 13.2 Å². The van der Waals surface area contributed by atoms with Crippen molar-refractivity contribution in [3.63, 3.8) is 0 Å². The average molecular weight is 228 g/mol. The van der Waals surface area contributed by atoms with E-state index in [9.17, 15) is 5.11 Å². The Morgan fingerprint density at radius 2 is 2.13 bits per heavy atom. The van der Waals surface area contributed by atoms with E-state index in [-0.39, 0.29) is 11.3 Å². The van der Waals surface area contributed by atoms with Gasteiger partial charge in [-0.25, -0.2) is 0 Å². The van der Waals surface area contributed by atoms with Gasteiger partial charge < -0.3 is 15.6 Å². The Labute approximate surface area is 93.8 Å². The summed E-state index contributed by atoms with van der Waals surface area (Å²) in [6, 6.07) is 1.49. The van der Waals surface area contributed by atoms with E-state index < -0.39 is 0 Å². The predicted octanol–water partition coefficient (Wildman–Crippen LogP) is 2.31. The monoisotopic (exact) mass is 227 g/mol. The topological polar surface area (TPSA) is 55.5 Å². The molecule has 3 nitrogen and oxygen atoms in total. The molecule has 1 aromatic carbocycles. The molecule has 1 aliphatic carbocycles. The van der Waals surface area contributed by atoms with Crippen molar-refractivity contribution in [1.29, 1.82) is 0 Å². The third-order valence-corrected chi connectivity index (χ3v) is 3.34. The molecule has 2 rings (SSSR count). The van der Waals surface area contributed by atoms with Crippen LogP contribution in [0.15, 0.2) is 6.07 Å². The maximum absolute atomic E-state index is 9.72. The van der Waals surface area contributed by atoms with Crippen molar-refractivity contribution in [2.75, 3.05) is 7.11 Å². The summed E-state index contributed by atoms with van der Waals surface area (Å²) in [7, 11) is 1.53. The largest absolute Gasteiger partial charge is 0.504 e. The van der Waals surface area contributed by atoms with E-state index in [0.29, 0.717) is 10.8 Å². The van der Waals surface area contributed by atoms with Crippen LogP contribution in [0.2, 0.25) is 5.02 Å². The number of hydrogen-bond donors (Lipinski definition) is 2.